The van der Waals surface area contributed by atoms with Gasteiger partial charge in [-0.25, -0.2) is 0 Å². The Kier molecular flexibility index (Phi) is 6.35. The number of unbranched alkanes of at least 4 members (excludes halogenated alkanes) is 1. The van der Waals surface area contributed by atoms with Crippen molar-refractivity contribution < 1.29 is 9.53 Å². The number of rotatable bonds is 7. The highest BCUT2D eigenvalue weighted by atomic mass is 16.5. The molecule has 0 N–H and O–H groups in total. The molecule has 5 rings (SSSR count). The summed E-state index contributed by atoms with van der Waals surface area (Å²) in [4.78, 5) is 20.3. The first-order valence-corrected chi connectivity index (χ1v) is 12.4. The molecule has 0 bridgehead atoms. The van der Waals surface area contributed by atoms with Crippen LogP contribution in [0.5, 0.6) is 5.75 Å². The summed E-state index contributed by atoms with van der Waals surface area (Å²) in [7, 11) is 0. The van der Waals surface area contributed by atoms with Crippen LogP contribution >= 0.6 is 0 Å². The van der Waals surface area contributed by atoms with Crippen molar-refractivity contribution in [3.8, 4) is 5.75 Å². The van der Waals surface area contributed by atoms with Gasteiger partial charge in [0.1, 0.15) is 5.75 Å². The van der Waals surface area contributed by atoms with Crippen LogP contribution in [0.15, 0.2) is 42.5 Å². The normalized spacial score (nSPS) is 21.3. The standard InChI is InChI=1S/C27H35N3O2/c1-2-3-18-32-25-10-11-26-21(19-25)12-17-30(27(26)31)23-8-6-22(7-9-23)29-16-13-24(20-29)28-14-4-5-15-28/h6-11,19,24H,2-5,12-18,20H2,1H3. The smallest absolute Gasteiger partial charge is 0.258 e. The molecule has 5 nitrogen and oxygen atoms in total. The molecule has 170 valence electrons. The highest BCUT2D eigenvalue weighted by molar-refractivity contribution is 6.08. The van der Waals surface area contributed by atoms with Crippen LogP contribution in [0.2, 0.25) is 0 Å². The highest BCUT2D eigenvalue weighted by Crippen LogP contribution is 2.30. The molecular weight excluding hydrogens is 398 g/mol. The molecule has 1 amide bonds. The zero-order chi connectivity index (χ0) is 21.9. The van der Waals surface area contributed by atoms with Gasteiger partial charge in [-0.1, -0.05) is 13.3 Å². The second kappa shape index (κ2) is 9.53. The summed E-state index contributed by atoms with van der Waals surface area (Å²) in [5, 5.41) is 0. The highest BCUT2D eigenvalue weighted by Gasteiger charge is 2.30. The lowest BCUT2D eigenvalue weighted by molar-refractivity contribution is 0.0980. The van der Waals surface area contributed by atoms with E-state index in [4.69, 9.17) is 4.74 Å². The molecular formula is C27H35N3O2. The Morgan fingerprint density at radius 2 is 1.75 bits per heavy atom. The number of likely N-dealkylation sites (tertiary alicyclic amines) is 1. The second-order valence-electron chi connectivity index (χ2n) is 9.38. The van der Waals surface area contributed by atoms with Crippen molar-refractivity contribution in [2.24, 2.45) is 0 Å². The molecule has 0 saturated carbocycles. The lowest BCUT2D eigenvalue weighted by atomic mass is 9.98. The zero-order valence-corrected chi connectivity index (χ0v) is 19.3. The molecule has 0 aliphatic carbocycles. The molecule has 2 saturated heterocycles. The maximum Gasteiger partial charge on any atom is 0.258 e. The summed E-state index contributed by atoms with van der Waals surface area (Å²) in [6.07, 6.45) is 6.99. The number of hydrogen-bond acceptors (Lipinski definition) is 4. The minimum Gasteiger partial charge on any atom is -0.494 e. The number of nitrogens with zero attached hydrogens (tertiary/aromatic N) is 3. The molecule has 32 heavy (non-hydrogen) atoms. The summed E-state index contributed by atoms with van der Waals surface area (Å²) in [6, 6.07) is 15.2. The van der Waals surface area contributed by atoms with E-state index in [1.807, 2.05) is 23.1 Å². The second-order valence-corrected chi connectivity index (χ2v) is 9.38. The number of hydrogen-bond donors (Lipinski definition) is 0. The minimum absolute atomic E-state index is 0.0920. The van der Waals surface area contributed by atoms with E-state index in [1.54, 1.807) is 0 Å². The SMILES string of the molecule is CCCCOc1ccc2c(c1)CCN(c1ccc(N3CCC(N4CCCC4)C3)cc1)C2=O. The molecule has 2 aromatic rings. The fourth-order valence-corrected chi connectivity index (χ4v) is 5.36. The first-order chi connectivity index (χ1) is 15.7. The van der Waals surface area contributed by atoms with Gasteiger partial charge in [0.15, 0.2) is 0 Å². The third kappa shape index (κ3) is 4.36. The molecule has 3 aliphatic rings. The Morgan fingerprint density at radius 1 is 0.969 bits per heavy atom. The predicted octanol–water partition coefficient (Wildman–Crippen LogP) is 4.74. The van der Waals surface area contributed by atoms with Gasteiger partial charge in [-0.15, -0.1) is 0 Å². The topological polar surface area (TPSA) is 36.0 Å². The molecule has 0 spiro atoms. The molecule has 3 heterocycles. The average molecular weight is 434 g/mol. The van der Waals surface area contributed by atoms with E-state index in [0.29, 0.717) is 12.6 Å². The maximum atomic E-state index is 13.2. The number of fused-ring (bicyclic) bond motifs is 1. The van der Waals surface area contributed by atoms with E-state index in [0.717, 1.165) is 61.5 Å². The Balaban J connectivity index is 1.23. The van der Waals surface area contributed by atoms with Crippen LogP contribution < -0.4 is 14.5 Å². The van der Waals surface area contributed by atoms with E-state index in [1.165, 1.54) is 38.0 Å². The van der Waals surface area contributed by atoms with Crippen LogP contribution in [0, 0.1) is 0 Å². The van der Waals surface area contributed by atoms with Gasteiger partial charge >= 0.3 is 0 Å². The Hall–Kier alpha value is -2.53. The van der Waals surface area contributed by atoms with E-state index in [-0.39, 0.29) is 5.91 Å². The van der Waals surface area contributed by atoms with Crippen molar-refractivity contribution in [3.05, 3.63) is 53.6 Å². The molecule has 5 heteroatoms. The van der Waals surface area contributed by atoms with Crippen LogP contribution in [0.1, 0.15) is 54.9 Å². The Morgan fingerprint density at radius 3 is 2.53 bits per heavy atom. The zero-order valence-electron chi connectivity index (χ0n) is 19.3. The first kappa shape index (κ1) is 21.3. The molecule has 3 aliphatic heterocycles. The molecule has 0 aromatic heterocycles. The minimum atomic E-state index is 0.0920. The lowest BCUT2D eigenvalue weighted by Gasteiger charge is -2.29. The summed E-state index contributed by atoms with van der Waals surface area (Å²) in [6.45, 7) is 8.39. The van der Waals surface area contributed by atoms with E-state index in [9.17, 15) is 4.79 Å². The van der Waals surface area contributed by atoms with Crippen molar-refractivity contribution in [3.63, 3.8) is 0 Å². The lowest BCUT2D eigenvalue weighted by Crippen LogP contribution is -2.37. The number of benzene rings is 2. The number of ether oxygens (including phenoxy) is 1. The number of carbonyl (C=O) groups is 1. The largest absolute Gasteiger partial charge is 0.494 e. The van der Waals surface area contributed by atoms with E-state index < -0.39 is 0 Å². The van der Waals surface area contributed by atoms with Crippen LogP contribution in [0.4, 0.5) is 11.4 Å². The van der Waals surface area contributed by atoms with Gasteiger partial charge in [0, 0.05) is 42.6 Å². The third-order valence-corrected chi connectivity index (χ3v) is 7.27. The first-order valence-electron chi connectivity index (χ1n) is 12.4. The molecule has 0 radical (unpaired) electrons. The van der Waals surface area contributed by atoms with E-state index in [2.05, 4.69) is 41.0 Å². The van der Waals surface area contributed by atoms with Gasteiger partial charge in [-0.3, -0.25) is 9.69 Å². The molecule has 2 fully saturated rings. The molecule has 1 atom stereocenters. The Labute approximate surface area is 191 Å². The van der Waals surface area contributed by atoms with Crippen LogP contribution in [0.25, 0.3) is 0 Å². The van der Waals surface area contributed by atoms with Crippen molar-refractivity contribution >= 4 is 17.3 Å². The number of carbonyl (C=O) groups excluding carboxylic acids is 1. The van der Waals surface area contributed by atoms with Gasteiger partial charge in [-0.2, -0.15) is 0 Å². The van der Waals surface area contributed by atoms with Gasteiger partial charge < -0.3 is 14.5 Å². The summed E-state index contributed by atoms with van der Waals surface area (Å²) >= 11 is 0. The Bertz CT molecular complexity index is 936. The van der Waals surface area contributed by atoms with E-state index >= 15 is 0 Å². The fourth-order valence-electron chi connectivity index (χ4n) is 5.36. The van der Waals surface area contributed by atoms with Gasteiger partial charge in [0.2, 0.25) is 0 Å². The van der Waals surface area contributed by atoms with Crippen molar-refractivity contribution in [1.82, 2.24) is 4.90 Å². The predicted molar refractivity (Wildman–Crippen MR) is 130 cm³/mol. The number of anilines is 2. The average Bonchev–Trinajstić information content (AvgIpc) is 3.52. The summed E-state index contributed by atoms with van der Waals surface area (Å²) in [5.74, 6) is 0.968. The molecule has 2 aromatic carbocycles. The third-order valence-electron chi connectivity index (χ3n) is 7.27. The maximum absolute atomic E-state index is 13.2. The van der Waals surface area contributed by atoms with Crippen molar-refractivity contribution in [1.29, 1.82) is 0 Å². The van der Waals surface area contributed by atoms with Crippen molar-refractivity contribution in [2.45, 2.75) is 51.5 Å². The van der Waals surface area contributed by atoms with Crippen LogP contribution in [-0.4, -0.2) is 56.2 Å². The van der Waals surface area contributed by atoms with Crippen LogP contribution in [-0.2, 0) is 6.42 Å². The van der Waals surface area contributed by atoms with Gasteiger partial charge in [0.05, 0.1) is 6.61 Å². The monoisotopic (exact) mass is 433 g/mol. The summed E-state index contributed by atoms with van der Waals surface area (Å²) < 4.78 is 5.83. The number of amides is 1. The summed E-state index contributed by atoms with van der Waals surface area (Å²) in [5.41, 5.74) is 4.16. The fraction of sp³-hybridized carbons (Fsp3) is 0.519. The van der Waals surface area contributed by atoms with Gasteiger partial charge in [-0.05, 0) is 93.2 Å². The van der Waals surface area contributed by atoms with Gasteiger partial charge in [0.25, 0.3) is 5.91 Å². The quantitative estimate of drug-likeness (QED) is 0.591. The van der Waals surface area contributed by atoms with Crippen LogP contribution in [0.3, 0.4) is 0 Å². The molecule has 1 unspecified atom stereocenters. The van der Waals surface area contributed by atoms with Crippen molar-refractivity contribution in [2.75, 3.05) is 49.1 Å².